The summed E-state index contributed by atoms with van der Waals surface area (Å²) in [6.07, 6.45) is 4.37. The summed E-state index contributed by atoms with van der Waals surface area (Å²) in [4.78, 5) is 1.84. The quantitative estimate of drug-likeness (QED) is 0.738. The molecule has 21 heavy (non-hydrogen) atoms. The molecule has 2 nitrogen and oxygen atoms in total. The Morgan fingerprint density at radius 2 is 1.52 bits per heavy atom. The molecular weight excluding hydrogens is 270 g/mol. The fraction of sp³-hybridized carbons (Fsp3) is 0.647. The molecule has 2 N–H and O–H groups in total. The number of hydrogen-bond acceptors (Lipinski definition) is 2. The molecule has 0 spiro atoms. The second kappa shape index (κ2) is 8.98. The van der Waals surface area contributed by atoms with Crippen LogP contribution in [-0.4, -0.2) is 19.1 Å². The van der Waals surface area contributed by atoms with Crippen LogP contribution in [0.2, 0.25) is 0 Å². The maximum atomic E-state index is 14.3. The van der Waals surface area contributed by atoms with Crippen LogP contribution in [-0.2, 0) is 6.42 Å². The minimum atomic E-state index is -0.474. The second-order valence-electron chi connectivity index (χ2n) is 5.78. The van der Waals surface area contributed by atoms with Gasteiger partial charge in [0, 0.05) is 19.1 Å². The van der Waals surface area contributed by atoms with Gasteiger partial charge in [0.25, 0.3) is 0 Å². The van der Waals surface area contributed by atoms with Gasteiger partial charge < -0.3 is 10.6 Å². The fourth-order valence-corrected chi connectivity index (χ4v) is 2.44. The zero-order chi connectivity index (χ0) is 15.8. The Morgan fingerprint density at radius 1 is 1.05 bits per heavy atom. The summed E-state index contributed by atoms with van der Waals surface area (Å²) in [5, 5.41) is 0. The van der Waals surface area contributed by atoms with Gasteiger partial charge >= 0.3 is 0 Å². The number of halogens is 2. The number of nitrogens with zero attached hydrogens (tertiary/aromatic N) is 1. The van der Waals surface area contributed by atoms with Crippen molar-refractivity contribution in [3.05, 3.63) is 29.3 Å². The first kappa shape index (κ1) is 17.9. The molecule has 1 rings (SSSR count). The largest absolute Gasteiger partial charge is 0.367 e. The molecule has 0 saturated heterocycles. The topological polar surface area (TPSA) is 29.3 Å². The SMILES string of the molecule is CCCCN(CCCC)c1c(F)cc(CC(C)N)cc1F. The Hall–Kier alpha value is -1.16. The van der Waals surface area contributed by atoms with Gasteiger partial charge in [-0.05, 0) is 43.9 Å². The van der Waals surface area contributed by atoms with E-state index < -0.39 is 11.6 Å². The third-order valence-corrected chi connectivity index (χ3v) is 3.51. The molecule has 0 heterocycles. The van der Waals surface area contributed by atoms with Crippen molar-refractivity contribution in [2.45, 2.75) is 58.9 Å². The van der Waals surface area contributed by atoms with E-state index in [9.17, 15) is 8.78 Å². The molecule has 0 bridgehead atoms. The molecular formula is C17H28F2N2. The van der Waals surface area contributed by atoms with Crippen molar-refractivity contribution in [2.75, 3.05) is 18.0 Å². The molecule has 1 unspecified atom stereocenters. The molecule has 0 radical (unpaired) electrons. The highest BCUT2D eigenvalue weighted by atomic mass is 19.1. The number of rotatable bonds is 9. The normalized spacial score (nSPS) is 12.5. The fourth-order valence-electron chi connectivity index (χ4n) is 2.44. The minimum Gasteiger partial charge on any atom is -0.367 e. The van der Waals surface area contributed by atoms with Gasteiger partial charge in [0.2, 0.25) is 0 Å². The van der Waals surface area contributed by atoms with Crippen LogP contribution in [0.25, 0.3) is 0 Å². The Kier molecular flexibility index (Phi) is 7.65. The Balaban J connectivity index is 3.00. The van der Waals surface area contributed by atoms with E-state index in [2.05, 4.69) is 13.8 Å². The van der Waals surface area contributed by atoms with Crippen molar-refractivity contribution in [3.8, 4) is 0 Å². The van der Waals surface area contributed by atoms with E-state index in [0.717, 1.165) is 25.7 Å². The van der Waals surface area contributed by atoms with Gasteiger partial charge in [-0.25, -0.2) is 8.78 Å². The van der Waals surface area contributed by atoms with Crippen LogP contribution >= 0.6 is 0 Å². The Labute approximate surface area is 127 Å². The highest BCUT2D eigenvalue weighted by Gasteiger charge is 2.18. The molecule has 0 aliphatic rings. The summed E-state index contributed by atoms with van der Waals surface area (Å²) in [5.74, 6) is -0.948. The zero-order valence-corrected chi connectivity index (χ0v) is 13.5. The average Bonchev–Trinajstić information content (AvgIpc) is 2.39. The zero-order valence-electron chi connectivity index (χ0n) is 13.5. The summed E-state index contributed by atoms with van der Waals surface area (Å²) in [5.41, 5.74) is 6.43. The average molecular weight is 298 g/mol. The predicted octanol–water partition coefficient (Wildman–Crippen LogP) is 4.26. The number of hydrogen-bond donors (Lipinski definition) is 1. The van der Waals surface area contributed by atoms with Gasteiger partial charge in [-0.15, -0.1) is 0 Å². The third kappa shape index (κ3) is 5.62. The minimum absolute atomic E-state index is 0.106. The first-order valence-corrected chi connectivity index (χ1v) is 7.98. The maximum Gasteiger partial charge on any atom is 0.149 e. The van der Waals surface area contributed by atoms with E-state index in [1.165, 1.54) is 12.1 Å². The number of unbranched alkanes of at least 4 members (excludes halogenated alkanes) is 2. The van der Waals surface area contributed by atoms with E-state index in [1.54, 1.807) is 0 Å². The lowest BCUT2D eigenvalue weighted by atomic mass is 10.1. The Bertz CT molecular complexity index is 402. The van der Waals surface area contributed by atoms with E-state index in [4.69, 9.17) is 5.73 Å². The molecule has 1 atom stereocenters. The van der Waals surface area contributed by atoms with Crippen LogP contribution in [0.5, 0.6) is 0 Å². The van der Waals surface area contributed by atoms with Crippen LogP contribution in [0.4, 0.5) is 14.5 Å². The van der Waals surface area contributed by atoms with Crippen molar-refractivity contribution in [1.82, 2.24) is 0 Å². The van der Waals surface area contributed by atoms with Gasteiger partial charge in [-0.2, -0.15) is 0 Å². The lowest BCUT2D eigenvalue weighted by molar-refractivity contribution is 0.557. The molecule has 0 amide bonds. The van der Waals surface area contributed by atoms with Crippen LogP contribution in [0.1, 0.15) is 52.0 Å². The molecule has 120 valence electrons. The second-order valence-corrected chi connectivity index (χ2v) is 5.78. The van der Waals surface area contributed by atoms with E-state index in [-0.39, 0.29) is 11.7 Å². The number of anilines is 1. The lowest BCUT2D eigenvalue weighted by Gasteiger charge is -2.26. The van der Waals surface area contributed by atoms with Crippen molar-refractivity contribution in [3.63, 3.8) is 0 Å². The highest BCUT2D eigenvalue weighted by molar-refractivity contribution is 5.50. The van der Waals surface area contributed by atoms with Gasteiger partial charge in [0.05, 0.1) is 0 Å². The van der Waals surface area contributed by atoms with Gasteiger partial charge in [-0.1, -0.05) is 26.7 Å². The first-order valence-electron chi connectivity index (χ1n) is 7.98. The first-order chi connectivity index (χ1) is 9.99. The molecule has 1 aromatic carbocycles. The molecule has 0 aromatic heterocycles. The predicted molar refractivity (Wildman–Crippen MR) is 85.7 cm³/mol. The van der Waals surface area contributed by atoms with Gasteiger partial charge in [-0.3, -0.25) is 0 Å². The highest BCUT2D eigenvalue weighted by Crippen LogP contribution is 2.26. The van der Waals surface area contributed by atoms with E-state index in [0.29, 0.717) is 25.1 Å². The summed E-state index contributed by atoms with van der Waals surface area (Å²) in [7, 11) is 0. The van der Waals surface area contributed by atoms with Crippen LogP contribution < -0.4 is 10.6 Å². The lowest BCUT2D eigenvalue weighted by Crippen LogP contribution is -2.28. The van der Waals surface area contributed by atoms with Crippen molar-refractivity contribution < 1.29 is 8.78 Å². The van der Waals surface area contributed by atoms with Crippen LogP contribution in [0.15, 0.2) is 12.1 Å². The number of nitrogens with two attached hydrogens (primary N) is 1. The van der Waals surface area contributed by atoms with Crippen LogP contribution in [0, 0.1) is 11.6 Å². The molecule has 1 aromatic rings. The summed E-state index contributed by atoms with van der Waals surface area (Å²) in [6.45, 7) is 7.37. The van der Waals surface area contributed by atoms with Crippen LogP contribution in [0.3, 0.4) is 0 Å². The number of benzene rings is 1. The molecule has 0 fully saturated rings. The van der Waals surface area contributed by atoms with Crippen molar-refractivity contribution >= 4 is 5.69 Å². The Morgan fingerprint density at radius 3 is 1.90 bits per heavy atom. The van der Waals surface area contributed by atoms with Crippen molar-refractivity contribution in [1.29, 1.82) is 0 Å². The molecule has 0 saturated carbocycles. The molecule has 0 aliphatic heterocycles. The summed E-state index contributed by atoms with van der Waals surface area (Å²) < 4.78 is 28.7. The third-order valence-electron chi connectivity index (χ3n) is 3.51. The van der Waals surface area contributed by atoms with Gasteiger partial charge in [0.1, 0.15) is 17.3 Å². The standard InChI is InChI=1S/C17H28F2N2/c1-4-6-8-21(9-7-5-2)17-15(18)11-14(10-13(3)20)12-16(17)19/h11-13H,4-10,20H2,1-3H3. The summed E-state index contributed by atoms with van der Waals surface area (Å²) >= 11 is 0. The molecule has 4 heteroatoms. The smallest absolute Gasteiger partial charge is 0.149 e. The van der Waals surface area contributed by atoms with E-state index in [1.807, 2.05) is 11.8 Å². The monoisotopic (exact) mass is 298 g/mol. The van der Waals surface area contributed by atoms with Gasteiger partial charge in [0.15, 0.2) is 0 Å². The van der Waals surface area contributed by atoms with E-state index >= 15 is 0 Å². The van der Waals surface area contributed by atoms with Crippen molar-refractivity contribution in [2.24, 2.45) is 5.73 Å². The molecule has 0 aliphatic carbocycles. The summed E-state index contributed by atoms with van der Waals surface area (Å²) in [6, 6.07) is 2.74. The maximum absolute atomic E-state index is 14.3.